The van der Waals surface area contributed by atoms with Gasteiger partial charge in [0.1, 0.15) is 0 Å². The second-order valence-electron chi connectivity index (χ2n) is 6.29. The third-order valence-electron chi connectivity index (χ3n) is 4.46. The minimum atomic E-state index is -0.431. The van der Waals surface area contributed by atoms with Gasteiger partial charge in [0.2, 0.25) is 0 Å². The topological polar surface area (TPSA) is 83.0 Å². The zero-order valence-corrected chi connectivity index (χ0v) is 15.3. The van der Waals surface area contributed by atoms with Crippen molar-refractivity contribution < 1.29 is 9.72 Å². The Morgan fingerprint density at radius 2 is 1.83 bits per heavy atom. The first-order valence-corrected chi connectivity index (χ1v) is 8.85. The van der Waals surface area contributed by atoms with Gasteiger partial charge in [-0.25, -0.2) is 4.98 Å². The molecule has 0 unspecified atom stereocenters. The van der Waals surface area contributed by atoms with Gasteiger partial charge in [0, 0.05) is 47.7 Å². The Labute approximate surface area is 166 Å². The van der Waals surface area contributed by atoms with Crippen LogP contribution in [0.3, 0.4) is 0 Å². The summed E-state index contributed by atoms with van der Waals surface area (Å²) in [5.74, 6) is -0.131. The molecule has 7 heteroatoms. The number of allylic oxidation sites excluding steroid dienone is 1. The van der Waals surface area contributed by atoms with Gasteiger partial charge >= 0.3 is 0 Å². The predicted octanol–water partition coefficient (Wildman–Crippen LogP) is 4.47. The molecule has 7 nitrogen and oxygen atoms in total. The Morgan fingerprint density at radius 1 is 1.00 bits per heavy atom. The van der Waals surface area contributed by atoms with Crippen LogP contribution in [0.2, 0.25) is 0 Å². The number of imidazole rings is 1. The van der Waals surface area contributed by atoms with E-state index in [-0.39, 0.29) is 11.5 Å². The van der Waals surface area contributed by atoms with E-state index in [1.807, 2.05) is 35.0 Å². The summed E-state index contributed by atoms with van der Waals surface area (Å²) in [6.07, 6.45) is 10.2. The molecule has 0 radical (unpaired) electrons. The summed E-state index contributed by atoms with van der Waals surface area (Å²) in [4.78, 5) is 27.1. The summed E-state index contributed by atoms with van der Waals surface area (Å²) in [6, 6.07) is 17.3. The van der Waals surface area contributed by atoms with E-state index in [1.54, 1.807) is 53.6 Å². The first kappa shape index (κ1) is 18.1. The Morgan fingerprint density at radius 3 is 2.55 bits per heavy atom. The Balaban J connectivity index is 1.54. The van der Waals surface area contributed by atoms with Crippen molar-refractivity contribution >= 4 is 17.5 Å². The van der Waals surface area contributed by atoms with E-state index in [9.17, 15) is 14.9 Å². The number of carbonyl (C=O) groups is 1. The van der Waals surface area contributed by atoms with Crippen molar-refractivity contribution in [2.24, 2.45) is 0 Å². The van der Waals surface area contributed by atoms with Crippen LogP contribution >= 0.6 is 0 Å². The van der Waals surface area contributed by atoms with E-state index in [0.29, 0.717) is 11.3 Å². The molecule has 0 N–H and O–H groups in total. The summed E-state index contributed by atoms with van der Waals surface area (Å²) >= 11 is 0. The van der Waals surface area contributed by atoms with Gasteiger partial charge in [-0.3, -0.25) is 14.9 Å². The molecular formula is C22H16N4O3. The molecule has 2 heterocycles. The summed E-state index contributed by atoms with van der Waals surface area (Å²) in [6.45, 7) is 0. The van der Waals surface area contributed by atoms with Gasteiger partial charge in [-0.15, -0.1) is 0 Å². The van der Waals surface area contributed by atoms with Crippen molar-refractivity contribution in [2.75, 3.05) is 0 Å². The maximum atomic E-state index is 12.5. The molecule has 2 aromatic heterocycles. The summed E-state index contributed by atoms with van der Waals surface area (Å²) in [7, 11) is 0. The normalized spacial score (nSPS) is 11.0. The molecule has 2 aromatic carbocycles. The number of aromatic nitrogens is 3. The van der Waals surface area contributed by atoms with E-state index in [2.05, 4.69) is 4.98 Å². The largest absolute Gasteiger partial charge is 0.317 e. The predicted molar refractivity (Wildman–Crippen MR) is 109 cm³/mol. The van der Waals surface area contributed by atoms with Crippen LogP contribution in [0.25, 0.3) is 17.5 Å². The highest BCUT2D eigenvalue weighted by Gasteiger charge is 2.09. The third kappa shape index (κ3) is 3.89. The van der Waals surface area contributed by atoms with Crippen LogP contribution in [0.1, 0.15) is 16.1 Å². The number of carbonyl (C=O) groups excluding carboxylic acids is 1. The molecule has 0 aliphatic rings. The number of nitro benzene ring substituents is 1. The van der Waals surface area contributed by atoms with Gasteiger partial charge in [-0.1, -0.05) is 6.07 Å². The molecule has 29 heavy (non-hydrogen) atoms. The van der Waals surface area contributed by atoms with Crippen LogP contribution < -0.4 is 0 Å². The number of ketones is 1. The second-order valence-corrected chi connectivity index (χ2v) is 6.29. The number of hydrogen-bond acceptors (Lipinski definition) is 4. The smallest absolute Gasteiger partial charge is 0.271 e. The number of nitrogens with zero attached hydrogens (tertiary/aromatic N) is 4. The standard InChI is InChI=1S/C22H16N4O3/c27-22(17-6-8-18(9-7-17)24-14-12-23-16-24)11-10-19-5-2-13-25(19)20-3-1-4-21(15-20)26(28)29/h1-16H/b11-10+. The van der Waals surface area contributed by atoms with Gasteiger partial charge in [0.25, 0.3) is 5.69 Å². The van der Waals surface area contributed by atoms with Gasteiger partial charge in [0.15, 0.2) is 5.78 Å². The van der Waals surface area contributed by atoms with E-state index in [4.69, 9.17) is 0 Å². The maximum absolute atomic E-state index is 12.5. The lowest BCUT2D eigenvalue weighted by Gasteiger charge is -2.06. The molecule has 0 fully saturated rings. The molecule has 0 bridgehead atoms. The number of rotatable bonds is 6. The molecule has 0 spiro atoms. The van der Waals surface area contributed by atoms with Crippen LogP contribution in [-0.2, 0) is 0 Å². The summed E-state index contributed by atoms with van der Waals surface area (Å²) in [5.41, 5.74) is 2.90. The molecule has 0 aliphatic heterocycles. The lowest BCUT2D eigenvalue weighted by Crippen LogP contribution is -1.98. The highest BCUT2D eigenvalue weighted by atomic mass is 16.6. The van der Waals surface area contributed by atoms with Gasteiger partial charge in [0.05, 0.1) is 16.9 Å². The molecule has 4 rings (SSSR count). The van der Waals surface area contributed by atoms with Crippen LogP contribution in [0, 0.1) is 10.1 Å². The third-order valence-corrected chi connectivity index (χ3v) is 4.46. The number of nitro groups is 1. The van der Waals surface area contributed by atoms with Crippen molar-refractivity contribution in [3.63, 3.8) is 0 Å². The lowest BCUT2D eigenvalue weighted by atomic mass is 10.1. The molecule has 4 aromatic rings. The molecule has 0 amide bonds. The second kappa shape index (κ2) is 7.77. The minimum absolute atomic E-state index is 0.0141. The van der Waals surface area contributed by atoms with Crippen molar-refractivity contribution in [3.8, 4) is 11.4 Å². The Bertz CT molecular complexity index is 1190. The highest BCUT2D eigenvalue weighted by Crippen LogP contribution is 2.20. The Kier molecular flexibility index (Phi) is 4.86. The van der Waals surface area contributed by atoms with Crippen molar-refractivity contribution in [3.05, 3.63) is 113 Å². The van der Waals surface area contributed by atoms with Gasteiger partial charge in [-0.2, -0.15) is 0 Å². The zero-order valence-electron chi connectivity index (χ0n) is 15.3. The first-order valence-electron chi connectivity index (χ1n) is 8.85. The van der Waals surface area contributed by atoms with E-state index < -0.39 is 4.92 Å². The van der Waals surface area contributed by atoms with Crippen LogP contribution in [0.15, 0.2) is 91.7 Å². The molecule has 142 valence electrons. The monoisotopic (exact) mass is 384 g/mol. The number of hydrogen-bond donors (Lipinski definition) is 0. The molecule has 0 saturated heterocycles. The van der Waals surface area contributed by atoms with Crippen LogP contribution in [0.4, 0.5) is 5.69 Å². The molecule has 0 aliphatic carbocycles. The van der Waals surface area contributed by atoms with Crippen molar-refractivity contribution in [1.29, 1.82) is 0 Å². The first-order chi connectivity index (χ1) is 14.1. The van der Waals surface area contributed by atoms with Crippen molar-refractivity contribution in [1.82, 2.24) is 14.1 Å². The average molecular weight is 384 g/mol. The van der Waals surface area contributed by atoms with Gasteiger partial charge in [-0.05, 0) is 54.6 Å². The molecule has 0 atom stereocenters. The molecule has 0 saturated carbocycles. The van der Waals surface area contributed by atoms with Gasteiger partial charge < -0.3 is 9.13 Å². The Hall–Kier alpha value is -4.26. The fourth-order valence-corrected chi connectivity index (χ4v) is 2.99. The minimum Gasteiger partial charge on any atom is -0.317 e. The summed E-state index contributed by atoms with van der Waals surface area (Å²) < 4.78 is 3.65. The quantitative estimate of drug-likeness (QED) is 0.213. The van der Waals surface area contributed by atoms with Crippen LogP contribution in [-0.4, -0.2) is 24.8 Å². The fourth-order valence-electron chi connectivity index (χ4n) is 2.99. The average Bonchev–Trinajstić information content (AvgIpc) is 3.44. The summed E-state index contributed by atoms with van der Waals surface area (Å²) in [5, 5.41) is 11.0. The fraction of sp³-hybridized carbons (Fsp3) is 0. The maximum Gasteiger partial charge on any atom is 0.271 e. The molecular weight excluding hydrogens is 368 g/mol. The SMILES string of the molecule is O=C(/C=C/c1cccn1-c1cccc([N+](=O)[O-])c1)c1ccc(-n2ccnc2)cc1. The lowest BCUT2D eigenvalue weighted by molar-refractivity contribution is -0.384. The zero-order chi connectivity index (χ0) is 20.2. The number of non-ortho nitro benzene ring substituents is 1. The van der Waals surface area contributed by atoms with E-state index in [1.165, 1.54) is 18.2 Å². The number of benzene rings is 2. The van der Waals surface area contributed by atoms with Crippen LogP contribution in [0.5, 0.6) is 0 Å². The van der Waals surface area contributed by atoms with E-state index >= 15 is 0 Å². The van der Waals surface area contributed by atoms with Crippen molar-refractivity contribution in [2.45, 2.75) is 0 Å². The highest BCUT2D eigenvalue weighted by molar-refractivity contribution is 6.06. The van der Waals surface area contributed by atoms with E-state index in [0.717, 1.165) is 11.4 Å².